The van der Waals surface area contributed by atoms with Gasteiger partial charge in [-0.1, -0.05) is 13.8 Å². The lowest BCUT2D eigenvalue weighted by atomic mass is 10.2. The first kappa shape index (κ1) is 16.4. The van der Waals surface area contributed by atoms with Crippen LogP contribution in [0, 0.1) is 0 Å². The van der Waals surface area contributed by atoms with Gasteiger partial charge in [0.25, 0.3) is 11.5 Å². The standard InChI is InChI=1S/C16H21N5O3/c1-10(2)14-17-15(19-18-14)12-9-21(6-7-24-12)16(23)11-4-5-20(3)13(22)8-11/h4-5,8,10,12H,6-7,9H2,1-3H3,(H,17,18,19)/t12-/m0/s1. The van der Waals surface area contributed by atoms with Gasteiger partial charge in [-0.3, -0.25) is 14.7 Å². The lowest BCUT2D eigenvalue weighted by molar-refractivity contribution is -0.0267. The van der Waals surface area contributed by atoms with Gasteiger partial charge in [0, 0.05) is 37.3 Å². The Labute approximate surface area is 139 Å². The van der Waals surface area contributed by atoms with Crippen LogP contribution in [-0.4, -0.2) is 50.3 Å². The Kier molecular flexibility index (Phi) is 4.48. The van der Waals surface area contributed by atoms with Gasteiger partial charge in [0.1, 0.15) is 6.10 Å². The molecule has 8 heteroatoms. The van der Waals surface area contributed by atoms with E-state index in [1.807, 2.05) is 13.8 Å². The summed E-state index contributed by atoms with van der Waals surface area (Å²) in [5.41, 5.74) is 0.182. The number of morpholine rings is 1. The number of aromatic amines is 1. The van der Waals surface area contributed by atoms with E-state index in [-0.39, 0.29) is 23.5 Å². The molecule has 1 saturated heterocycles. The van der Waals surface area contributed by atoms with Crippen LogP contribution in [0.25, 0.3) is 0 Å². The summed E-state index contributed by atoms with van der Waals surface area (Å²) < 4.78 is 7.15. The molecule has 1 aliphatic rings. The highest BCUT2D eigenvalue weighted by Crippen LogP contribution is 2.21. The molecule has 2 aromatic heterocycles. The monoisotopic (exact) mass is 331 g/mol. The minimum atomic E-state index is -0.339. The zero-order valence-electron chi connectivity index (χ0n) is 14.0. The SMILES string of the molecule is CC(C)c1n[nH]c([C@@H]2CN(C(=O)c3ccn(C)c(=O)c3)CCO2)n1. The molecular weight excluding hydrogens is 310 g/mol. The third kappa shape index (κ3) is 3.23. The minimum Gasteiger partial charge on any atom is -0.367 e. The number of nitrogens with one attached hydrogen (secondary N) is 1. The van der Waals surface area contributed by atoms with Crippen molar-refractivity contribution in [3.63, 3.8) is 0 Å². The molecule has 0 aliphatic carbocycles. The lowest BCUT2D eigenvalue weighted by Gasteiger charge is -2.31. The second kappa shape index (κ2) is 6.56. The number of aryl methyl sites for hydroxylation is 1. The summed E-state index contributed by atoms with van der Waals surface area (Å²) in [5.74, 6) is 1.39. The van der Waals surface area contributed by atoms with Crippen molar-refractivity contribution < 1.29 is 9.53 Å². The maximum atomic E-state index is 12.6. The van der Waals surface area contributed by atoms with Crippen LogP contribution in [0.2, 0.25) is 0 Å². The third-order valence-electron chi connectivity index (χ3n) is 4.05. The predicted octanol–water partition coefficient (Wildman–Crippen LogP) is 0.841. The average molecular weight is 331 g/mol. The van der Waals surface area contributed by atoms with Crippen LogP contribution in [-0.2, 0) is 11.8 Å². The van der Waals surface area contributed by atoms with Crippen LogP contribution < -0.4 is 5.56 Å². The molecule has 0 aromatic carbocycles. The van der Waals surface area contributed by atoms with E-state index in [0.29, 0.717) is 31.1 Å². The van der Waals surface area contributed by atoms with E-state index in [9.17, 15) is 9.59 Å². The number of hydrogen-bond acceptors (Lipinski definition) is 5. The summed E-state index contributed by atoms with van der Waals surface area (Å²) in [4.78, 5) is 30.5. The number of pyridine rings is 1. The number of H-pyrrole nitrogens is 1. The summed E-state index contributed by atoms with van der Waals surface area (Å²) in [6.07, 6.45) is 1.26. The smallest absolute Gasteiger partial charge is 0.254 e. The molecule has 1 atom stereocenters. The minimum absolute atomic E-state index is 0.176. The van der Waals surface area contributed by atoms with Crippen molar-refractivity contribution in [3.05, 3.63) is 45.9 Å². The van der Waals surface area contributed by atoms with Crippen molar-refractivity contribution in [3.8, 4) is 0 Å². The van der Waals surface area contributed by atoms with Crippen LogP contribution in [0.5, 0.6) is 0 Å². The van der Waals surface area contributed by atoms with E-state index in [1.165, 1.54) is 10.6 Å². The normalized spacial score (nSPS) is 18.2. The molecule has 1 fully saturated rings. The summed E-state index contributed by atoms with van der Waals surface area (Å²) >= 11 is 0. The number of rotatable bonds is 3. The predicted molar refractivity (Wildman–Crippen MR) is 86.8 cm³/mol. The number of amides is 1. The number of nitrogens with zero attached hydrogens (tertiary/aromatic N) is 4. The first-order valence-corrected chi connectivity index (χ1v) is 7.95. The van der Waals surface area contributed by atoms with Gasteiger partial charge < -0.3 is 14.2 Å². The van der Waals surface area contributed by atoms with E-state index in [4.69, 9.17) is 4.74 Å². The van der Waals surface area contributed by atoms with Crippen molar-refractivity contribution in [2.24, 2.45) is 7.05 Å². The highest BCUT2D eigenvalue weighted by molar-refractivity contribution is 5.94. The van der Waals surface area contributed by atoms with Crippen molar-refractivity contribution >= 4 is 5.91 Å². The molecule has 0 radical (unpaired) electrons. The molecular formula is C16H21N5O3. The lowest BCUT2D eigenvalue weighted by Crippen LogP contribution is -2.42. The number of aromatic nitrogens is 4. The van der Waals surface area contributed by atoms with Gasteiger partial charge >= 0.3 is 0 Å². The van der Waals surface area contributed by atoms with E-state index in [0.717, 1.165) is 5.82 Å². The van der Waals surface area contributed by atoms with Gasteiger partial charge in [0.15, 0.2) is 11.6 Å². The Hall–Kier alpha value is -2.48. The van der Waals surface area contributed by atoms with E-state index in [1.54, 1.807) is 24.2 Å². The van der Waals surface area contributed by atoms with E-state index in [2.05, 4.69) is 15.2 Å². The number of carbonyl (C=O) groups excluding carboxylic acids is 1. The summed E-state index contributed by atoms with van der Waals surface area (Å²) in [7, 11) is 1.65. The maximum absolute atomic E-state index is 12.6. The van der Waals surface area contributed by atoms with Crippen LogP contribution >= 0.6 is 0 Å². The fraction of sp³-hybridized carbons (Fsp3) is 0.500. The Morgan fingerprint density at radius 1 is 1.46 bits per heavy atom. The molecule has 0 bridgehead atoms. The topological polar surface area (TPSA) is 93.1 Å². The molecule has 1 N–H and O–H groups in total. The molecule has 0 spiro atoms. The highest BCUT2D eigenvalue weighted by Gasteiger charge is 2.28. The second-order valence-corrected chi connectivity index (χ2v) is 6.21. The van der Waals surface area contributed by atoms with Crippen LogP contribution in [0.3, 0.4) is 0 Å². The van der Waals surface area contributed by atoms with Gasteiger partial charge in [-0.2, -0.15) is 5.10 Å². The Balaban J connectivity index is 1.75. The molecule has 0 unspecified atom stereocenters. The van der Waals surface area contributed by atoms with E-state index >= 15 is 0 Å². The number of hydrogen-bond donors (Lipinski definition) is 1. The van der Waals surface area contributed by atoms with Gasteiger partial charge in [-0.25, -0.2) is 4.98 Å². The number of carbonyl (C=O) groups is 1. The van der Waals surface area contributed by atoms with Gasteiger partial charge in [0.05, 0.1) is 13.2 Å². The molecule has 8 nitrogen and oxygen atoms in total. The molecule has 1 amide bonds. The van der Waals surface area contributed by atoms with Crippen molar-refractivity contribution in [1.29, 1.82) is 0 Å². The number of ether oxygens (including phenoxy) is 1. The zero-order chi connectivity index (χ0) is 17.3. The zero-order valence-corrected chi connectivity index (χ0v) is 14.0. The Bertz CT molecular complexity index is 795. The molecule has 24 heavy (non-hydrogen) atoms. The molecule has 3 rings (SSSR count). The first-order valence-electron chi connectivity index (χ1n) is 7.95. The van der Waals surface area contributed by atoms with Gasteiger partial charge in [0.2, 0.25) is 0 Å². The summed E-state index contributed by atoms with van der Waals surface area (Å²) in [6, 6.07) is 3.01. The van der Waals surface area contributed by atoms with Crippen LogP contribution in [0.1, 0.15) is 47.9 Å². The van der Waals surface area contributed by atoms with Crippen molar-refractivity contribution in [2.45, 2.75) is 25.9 Å². The Morgan fingerprint density at radius 3 is 2.92 bits per heavy atom. The largest absolute Gasteiger partial charge is 0.367 e. The molecule has 3 heterocycles. The molecule has 2 aromatic rings. The first-order chi connectivity index (χ1) is 11.5. The second-order valence-electron chi connectivity index (χ2n) is 6.21. The fourth-order valence-electron chi connectivity index (χ4n) is 2.55. The summed E-state index contributed by atoms with van der Waals surface area (Å²) in [6.45, 7) is 5.30. The quantitative estimate of drug-likeness (QED) is 0.899. The van der Waals surface area contributed by atoms with Gasteiger partial charge in [-0.05, 0) is 6.07 Å². The fourth-order valence-corrected chi connectivity index (χ4v) is 2.55. The third-order valence-corrected chi connectivity index (χ3v) is 4.05. The maximum Gasteiger partial charge on any atom is 0.254 e. The van der Waals surface area contributed by atoms with E-state index < -0.39 is 0 Å². The Morgan fingerprint density at radius 2 is 2.25 bits per heavy atom. The molecule has 128 valence electrons. The van der Waals surface area contributed by atoms with Crippen molar-refractivity contribution in [1.82, 2.24) is 24.6 Å². The molecule has 1 aliphatic heterocycles. The van der Waals surface area contributed by atoms with Crippen LogP contribution in [0.15, 0.2) is 23.1 Å². The van der Waals surface area contributed by atoms with Gasteiger partial charge in [-0.15, -0.1) is 0 Å². The van der Waals surface area contributed by atoms with Crippen molar-refractivity contribution in [2.75, 3.05) is 19.7 Å². The average Bonchev–Trinajstić information content (AvgIpc) is 3.07. The van der Waals surface area contributed by atoms with Crippen LogP contribution in [0.4, 0.5) is 0 Å². The molecule has 0 saturated carbocycles. The highest BCUT2D eigenvalue weighted by atomic mass is 16.5. The summed E-state index contributed by atoms with van der Waals surface area (Å²) in [5, 5.41) is 7.07.